The molecule has 1 saturated heterocycles. The fourth-order valence-electron chi connectivity index (χ4n) is 5.38. The van der Waals surface area contributed by atoms with E-state index in [9.17, 15) is 13.2 Å². The number of piperazine rings is 1. The van der Waals surface area contributed by atoms with Crippen LogP contribution >= 0.6 is 0 Å². The van der Waals surface area contributed by atoms with Crippen LogP contribution in [0.4, 0.5) is 16.2 Å². The topological polar surface area (TPSA) is 70.2 Å². The normalized spacial score (nSPS) is 18.6. The lowest BCUT2D eigenvalue weighted by Gasteiger charge is -2.41. The predicted octanol–water partition coefficient (Wildman–Crippen LogP) is 5.43. The summed E-state index contributed by atoms with van der Waals surface area (Å²) in [7, 11) is -3.79. The molecule has 1 atom stereocenters. The highest BCUT2D eigenvalue weighted by Crippen LogP contribution is 2.41. The number of hydrogen-bond donors (Lipinski definition) is 0. The van der Waals surface area contributed by atoms with Crippen LogP contribution in [-0.4, -0.2) is 57.2 Å². The van der Waals surface area contributed by atoms with E-state index in [1.54, 1.807) is 15.3 Å². The maximum Gasteiger partial charge on any atom is 0.410 e. The Morgan fingerprint density at radius 1 is 0.892 bits per heavy atom. The highest BCUT2D eigenvalue weighted by molar-refractivity contribution is 7.93. The summed E-state index contributed by atoms with van der Waals surface area (Å²) in [5.74, 6) is 0. The Morgan fingerprint density at radius 2 is 1.54 bits per heavy atom. The third-order valence-corrected chi connectivity index (χ3v) is 9.12. The molecule has 0 aromatic heterocycles. The molecule has 8 heteroatoms. The van der Waals surface area contributed by atoms with Crippen molar-refractivity contribution in [2.24, 2.45) is 0 Å². The van der Waals surface area contributed by atoms with Gasteiger partial charge < -0.3 is 14.5 Å². The lowest BCUT2D eigenvalue weighted by atomic mass is 9.96. The van der Waals surface area contributed by atoms with Crippen LogP contribution in [0.25, 0.3) is 10.8 Å². The lowest BCUT2D eigenvalue weighted by molar-refractivity contribution is 0.0240. The van der Waals surface area contributed by atoms with Crippen molar-refractivity contribution in [2.75, 3.05) is 35.4 Å². The van der Waals surface area contributed by atoms with Crippen LogP contribution in [-0.2, 0) is 21.2 Å². The van der Waals surface area contributed by atoms with Crippen molar-refractivity contribution in [1.82, 2.24) is 4.90 Å². The van der Waals surface area contributed by atoms with Crippen LogP contribution in [0.3, 0.4) is 0 Å². The van der Waals surface area contributed by atoms with Crippen molar-refractivity contribution < 1.29 is 17.9 Å². The summed E-state index contributed by atoms with van der Waals surface area (Å²) >= 11 is 0. The number of benzene rings is 3. The molecular formula is C29H35N3O4S. The van der Waals surface area contributed by atoms with Gasteiger partial charge in [0.1, 0.15) is 5.60 Å². The molecule has 0 spiro atoms. The van der Waals surface area contributed by atoms with E-state index in [-0.39, 0.29) is 12.1 Å². The molecular weight excluding hydrogens is 486 g/mol. The minimum atomic E-state index is -3.79. The quantitative estimate of drug-likeness (QED) is 0.460. The molecule has 196 valence electrons. The Balaban J connectivity index is 1.45. The molecule has 2 aliphatic heterocycles. The highest BCUT2D eigenvalue weighted by Gasteiger charge is 2.36. The van der Waals surface area contributed by atoms with E-state index >= 15 is 0 Å². The van der Waals surface area contributed by atoms with Gasteiger partial charge >= 0.3 is 6.09 Å². The third-order valence-electron chi connectivity index (χ3n) is 7.13. The van der Waals surface area contributed by atoms with Gasteiger partial charge in [0.2, 0.25) is 0 Å². The SMILES string of the molecule is CC1CCc2c(N3CCN(C(=O)OC(C)(C)C)CC3)cccc2N1S(=O)(=O)c1cccc2ccccc12. The molecule has 3 aromatic carbocycles. The summed E-state index contributed by atoms with van der Waals surface area (Å²) in [6, 6.07) is 18.9. The van der Waals surface area contributed by atoms with Gasteiger partial charge in [0.25, 0.3) is 10.0 Å². The van der Waals surface area contributed by atoms with Crippen LogP contribution in [0.2, 0.25) is 0 Å². The molecule has 0 aliphatic carbocycles. The Kier molecular flexibility index (Phi) is 6.56. The Hall–Kier alpha value is -3.26. The smallest absolute Gasteiger partial charge is 0.410 e. The summed E-state index contributed by atoms with van der Waals surface area (Å²) in [4.78, 5) is 16.9. The number of nitrogens with zero attached hydrogens (tertiary/aromatic N) is 3. The van der Waals surface area contributed by atoms with Gasteiger partial charge in [-0.3, -0.25) is 4.31 Å². The zero-order chi connectivity index (χ0) is 26.4. The first kappa shape index (κ1) is 25.4. The van der Waals surface area contributed by atoms with Crippen molar-refractivity contribution in [3.05, 3.63) is 66.2 Å². The van der Waals surface area contributed by atoms with Crippen molar-refractivity contribution in [3.8, 4) is 0 Å². The number of sulfonamides is 1. The third kappa shape index (κ3) is 4.87. The molecule has 0 N–H and O–H groups in total. The lowest BCUT2D eigenvalue weighted by Crippen LogP contribution is -2.50. The number of anilines is 2. The summed E-state index contributed by atoms with van der Waals surface area (Å²) in [6.07, 6.45) is 1.26. The summed E-state index contributed by atoms with van der Waals surface area (Å²) in [6.45, 7) is 10.1. The van der Waals surface area contributed by atoms with Crippen molar-refractivity contribution in [3.63, 3.8) is 0 Å². The highest BCUT2D eigenvalue weighted by atomic mass is 32.2. The monoisotopic (exact) mass is 521 g/mol. The van der Waals surface area contributed by atoms with Crippen molar-refractivity contribution in [2.45, 2.75) is 57.1 Å². The molecule has 1 unspecified atom stereocenters. The first-order valence-corrected chi connectivity index (χ1v) is 14.4. The number of carbonyl (C=O) groups is 1. The fourth-order valence-corrected chi connectivity index (χ4v) is 7.31. The number of hydrogen-bond acceptors (Lipinski definition) is 5. The van der Waals surface area contributed by atoms with Crippen molar-refractivity contribution >= 4 is 38.3 Å². The zero-order valence-electron chi connectivity index (χ0n) is 22.0. The second-order valence-corrected chi connectivity index (χ2v) is 12.7. The van der Waals surface area contributed by atoms with E-state index in [0.717, 1.165) is 40.6 Å². The van der Waals surface area contributed by atoms with Gasteiger partial charge in [-0.05, 0) is 69.7 Å². The molecule has 37 heavy (non-hydrogen) atoms. The molecule has 1 fully saturated rings. The number of carbonyl (C=O) groups excluding carboxylic acids is 1. The standard InChI is InChI=1S/C29H35N3O4S/c1-21-15-16-24-25(30-17-19-31(20-18-30)28(33)36-29(2,3)4)12-8-13-26(24)32(21)37(34,35)27-14-7-10-22-9-5-6-11-23(22)27/h5-14,21H,15-20H2,1-4H3. The maximum atomic E-state index is 14.1. The van der Waals surface area contributed by atoms with Gasteiger partial charge in [0, 0.05) is 43.3 Å². The van der Waals surface area contributed by atoms with E-state index < -0.39 is 15.6 Å². The maximum absolute atomic E-state index is 14.1. The largest absolute Gasteiger partial charge is 0.444 e. The molecule has 7 nitrogen and oxygen atoms in total. The van der Waals surface area contributed by atoms with E-state index in [0.29, 0.717) is 31.1 Å². The minimum Gasteiger partial charge on any atom is -0.444 e. The molecule has 5 rings (SSSR count). The molecule has 0 saturated carbocycles. The molecule has 0 radical (unpaired) electrons. The van der Waals surface area contributed by atoms with Crippen LogP contribution in [0, 0.1) is 0 Å². The second-order valence-electron chi connectivity index (χ2n) is 10.9. The van der Waals surface area contributed by atoms with E-state index in [2.05, 4.69) is 11.0 Å². The fraction of sp³-hybridized carbons (Fsp3) is 0.414. The number of fused-ring (bicyclic) bond motifs is 2. The molecule has 2 heterocycles. The number of amides is 1. The van der Waals surface area contributed by atoms with Crippen LogP contribution in [0.1, 0.15) is 39.7 Å². The molecule has 0 bridgehead atoms. The zero-order valence-corrected chi connectivity index (χ0v) is 22.8. The van der Waals surface area contributed by atoms with Crippen LogP contribution in [0.5, 0.6) is 0 Å². The Morgan fingerprint density at radius 3 is 2.27 bits per heavy atom. The minimum absolute atomic E-state index is 0.157. The van der Waals surface area contributed by atoms with E-state index in [1.165, 1.54) is 0 Å². The average Bonchev–Trinajstić information content (AvgIpc) is 2.86. The number of ether oxygens (including phenoxy) is 1. The van der Waals surface area contributed by atoms with Crippen molar-refractivity contribution in [1.29, 1.82) is 0 Å². The summed E-state index contributed by atoms with van der Waals surface area (Å²) in [5, 5.41) is 1.64. The second kappa shape index (κ2) is 9.56. The molecule has 2 aliphatic rings. The van der Waals surface area contributed by atoms with Gasteiger partial charge in [0.05, 0.1) is 10.6 Å². The van der Waals surface area contributed by atoms with Crippen LogP contribution < -0.4 is 9.21 Å². The van der Waals surface area contributed by atoms with Gasteiger partial charge in [-0.1, -0.05) is 42.5 Å². The summed E-state index contributed by atoms with van der Waals surface area (Å²) in [5.41, 5.74) is 2.32. The Labute approximate surface area is 219 Å². The van der Waals surface area contributed by atoms with E-state index in [1.807, 2.05) is 76.2 Å². The summed E-state index contributed by atoms with van der Waals surface area (Å²) < 4.78 is 35.5. The van der Waals surface area contributed by atoms with E-state index in [4.69, 9.17) is 4.74 Å². The number of rotatable bonds is 3. The predicted molar refractivity (Wildman–Crippen MR) is 148 cm³/mol. The molecule has 1 amide bonds. The van der Waals surface area contributed by atoms with Gasteiger partial charge in [-0.15, -0.1) is 0 Å². The average molecular weight is 522 g/mol. The van der Waals surface area contributed by atoms with Gasteiger partial charge in [-0.2, -0.15) is 0 Å². The molecule has 3 aromatic rings. The van der Waals surface area contributed by atoms with Crippen LogP contribution in [0.15, 0.2) is 65.6 Å². The van der Waals surface area contributed by atoms with Gasteiger partial charge in [-0.25, -0.2) is 13.2 Å². The van der Waals surface area contributed by atoms with Gasteiger partial charge in [0.15, 0.2) is 0 Å². The first-order valence-electron chi connectivity index (χ1n) is 12.9. The Bertz CT molecular complexity index is 1420. The first-order chi connectivity index (χ1) is 17.6.